The minimum atomic E-state index is -0.607. The van der Waals surface area contributed by atoms with Crippen molar-refractivity contribution in [1.82, 2.24) is 0 Å². The lowest BCUT2D eigenvalue weighted by molar-refractivity contribution is -0.628. The van der Waals surface area contributed by atoms with Gasteiger partial charge >= 0.3 is 11.9 Å². The molecule has 0 aromatic heterocycles. The molecule has 1 N–H and O–H groups in total. The van der Waals surface area contributed by atoms with Gasteiger partial charge in [-0.25, -0.2) is 0 Å². The van der Waals surface area contributed by atoms with E-state index >= 15 is 0 Å². The van der Waals surface area contributed by atoms with E-state index in [1.807, 2.05) is 0 Å². The largest absolute Gasteiger partial charge is 0.481 e. The zero-order valence-corrected chi connectivity index (χ0v) is 8.14. The van der Waals surface area contributed by atoms with Crippen LogP contribution in [0.15, 0.2) is 0 Å². The van der Waals surface area contributed by atoms with E-state index in [0.717, 1.165) is 0 Å². The minimum Gasteiger partial charge on any atom is -0.481 e. The molecule has 0 aliphatic heterocycles. The van der Waals surface area contributed by atoms with Gasteiger partial charge in [-0.15, -0.1) is 0 Å². The molecule has 0 saturated heterocycles. The first-order valence-electron chi connectivity index (χ1n) is 5.48. The summed E-state index contributed by atoms with van der Waals surface area (Å²) >= 11 is 0. The Kier molecular flexibility index (Phi) is 0.691. The van der Waals surface area contributed by atoms with Gasteiger partial charge in [0.05, 0.1) is 17.9 Å². The zero-order valence-electron chi connectivity index (χ0n) is 8.14. The highest BCUT2D eigenvalue weighted by Gasteiger charge is 3.13. The van der Waals surface area contributed by atoms with Gasteiger partial charge < -0.3 is 9.84 Å². The molecule has 6 rings (SSSR count). The third-order valence-electron chi connectivity index (χ3n) is 6.54. The van der Waals surface area contributed by atoms with Crippen LogP contribution in [0.3, 0.4) is 0 Å². The minimum absolute atomic E-state index is 0.0649. The predicted octanol–water partition coefficient (Wildman–Crippen LogP) is -0.0180. The van der Waals surface area contributed by atoms with Gasteiger partial charge in [-0.05, 0) is 35.5 Å². The number of rotatable bonds is 2. The molecule has 0 aromatic carbocycles. The molecule has 4 heteroatoms. The third kappa shape index (κ3) is 0.291. The SMILES string of the molecule is COC(=O)C12C3C4C1C1C2C3C41C(=O)O. The molecule has 0 aromatic rings. The topological polar surface area (TPSA) is 63.6 Å². The summed E-state index contributed by atoms with van der Waals surface area (Å²) < 4.78 is 4.87. The van der Waals surface area contributed by atoms with Crippen molar-refractivity contribution in [2.24, 2.45) is 46.3 Å². The molecule has 6 aliphatic rings. The van der Waals surface area contributed by atoms with Gasteiger partial charge in [-0.1, -0.05) is 0 Å². The molecule has 0 unspecified atom stereocenters. The van der Waals surface area contributed by atoms with Crippen LogP contribution < -0.4 is 0 Å². The monoisotopic (exact) mass is 206 g/mol. The van der Waals surface area contributed by atoms with E-state index in [-0.39, 0.29) is 16.8 Å². The van der Waals surface area contributed by atoms with E-state index < -0.39 is 5.97 Å². The molecule has 4 nitrogen and oxygen atoms in total. The number of carboxylic acids is 1. The summed E-state index contributed by atoms with van der Waals surface area (Å²) in [7, 11) is 1.44. The Bertz CT molecular complexity index is 412. The van der Waals surface area contributed by atoms with Gasteiger partial charge in [-0.3, -0.25) is 9.59 Å². The fraction of sp³-hybridized carbons (Fsp3) is 0.818. The Morgan fingerprint density at radius 2 is 1.40 bits per heavy atom. The normalized spacial score (nSPS) is 72.3. The molecule has 0 radical (unpaired) electrons. The van der Waals surface area contributed by atoms with Crippen LogP contribution in [0.25, 0.3) is 0 Å². The summed E-state index contributed by atoms with van der Waals surface area (Å²) in [5.41, 5.74) is -0.554. The van der Waals surface area contributed by atoms with Crippen molar-refractivity contribution < 1.29 is 19.4 Å². The number of ether oxygens (including phenoxy) is 1. The Hall–Kier alpha value is -1.06. The van der Waals surface area contributed by atoms with E-state index in [1.165, 1.54) is 7.11 Å². The van der Waals surface area contributed by atoms with E-state index in [2.05, 4.69) is 0 Å². The molecule has 0 heterocycles. The van der Waals surface area contributed by atoms with Crippen molar-refractivity contribution in [3.8, 4) is 0 Å². The quantitative estimate of drug-likeness (QED) is 0.645. The van der Waals surface area contributed by atoms with Gasteiger partial charge in [-0.2, -0.15) is 0 Å². The van der Waals surface area contributed by atoms with Crippen LogP contribution in [-0.2, 0) is 14.3 Å². The van der Waals surface area contributed by atoms with Crippen molar-refractivity contribution in [3.63, 3.8) is 0 Å². The summed E-state index contributed by atoms with van der Waals surface area (Å²) in [6.07, 6.45) is 0. The van der Waals surface area contributed by atoms with Crippen molar-refractivity contribution in [3.05, 3.63) is 0 Å². The first-order chi connectivity index (χ1) is 7.16. The van der Waals surface area contributed by atoms with E-state index in [9.17, 15) is 14.7 Å². The molecule has 15 heavy (non-hydrogen) atoms. The van der Waals surface area contributed by atoms with Crippen LogP contribution in [0.1, 0.15) is 0 Å². The highest BCUT2D eigenvalue weighted by Crippen LogP contribution is 3.10. The van der Waals surface area contributed by atoms with E-state index in [4.69, 9.17) is 4.74 Å². The first kappa shape index (κ1) is 7.25. The maximum Gasteiger partial charge on any atom is 0.312 e. The van der Waals surface area contributed by atoms with Crippen molar-refractivity contribution in [2.75, 3.05) is 7.11 Å². The lowest BCUT2D eigenvalue weighted by atomic mass is 8.92. The Balaban J connectivity index is 1.59. The lowest BCUT2D eigenvalue weighted by Gasteiger charge is -3.08. The highest BCUT2D eigenvalue weighted by molar-refractivity contribution is 5.96. The summed E-state index contributed by atoms with van der Waals surface area (Å²) in [5, 5.41) is 9.23. The van der Waals surface area contributed by atoms with Crippen LogP contribution >= 0.6 is 0 Å². The predicted molar refractivity (Wildman–Crippen MR) is 45.5 cm³/mol. The Morgan fingerprint density at radius 1 is 1.00 bits per heavy atom. The second-order valence-electron chi connectivity index (χ2n) is 5.82. The van der Waals surface area contributed by atoms with Crippen LogP contribution in [0.5, 0.6) is 0 Å². The molecule has 6 saturated carbocycles. The number of carboxylic acid groups (broad SMARTS) is 1. The molecule has 0 atom stereocenters. The molecule has 6 aliphatic carbocycles. The maximum atomic E-state index is 11.7. The summed E-state index contributed by atoms with van der Waals surface area (Å²) in [6, 6.07) is 0. The molecule has 0 spiro atoms. The number of carbonyl (C=O) groups excluding carboxylic acids is 1. The number of hydrogen-bond acceptors (Lipinski definition) is 3. The number of hydrogen-bond donors (Lipinski definition) is 1. The van der Waals surface area contributed by atoms with E-state index in [0.29, 0.717) is 35.5 Å². The smallest absolute Gasteiger partial charge is 0.312 e. The van der Waals surface area contributed by atoms with E-state index in [1.54, 1.807) is 0 Å². The van der Waals surface area contributed by atoms with Gasteiger partial charge in [0.2, 0.25) is 0 Å². The van der Waals surface area contributed by atoms with Crippen LogP contribution in [0, 0.1) is 46.3 Å². The van der Waals surface area contributed by atoms with Crippen LogP contribution in [0.4, 0.5) is 0 Å². The number of carbonyl (C=O) groups is 2. The lowest BCUT2D eigenvalue weighted by Crippen LogP contribution is -3.12. The van der Waals surface area contributed by atoms with Crippen molar-refractivity contribution in [2.45, 2.75) is 0 Å². The molecule has 6 fully saturated rings. The highest BCUT2D eigenvalue weighted by atomic mass is 16.5. The van der Waals surface area contributed by atoms with Crippen molar-refractivity contribution in [1.29, 1.82) is 0 Å². The average molecular weight is 206 g/mol. The summed E-state index contributed by atoms with van der Waals surface area (Å²) in [4.78, 5) is 22.9. The number of methoxy groups -OCH3 is 1. The average Bonchev–Trinajstić information content (AvgIpc) is 2.27. The van der Waals surface area contributed by atoms with Crippen molar-refractivity contribution >= 4 is 11.9 Å². The van der Waals surface area contributed by atoms with Crippen LogP contribution in [-0.4, -0.2) is 24.2 Å². The molecular formula is C11H10O4. The van der Waals surface area contributed by atoms with Gasteiger partial charge in [0.15, 0.2) is 0 Å². The standard InChI is InChI=1S/C11H10O4/c1-15-9(14)11-5-2-6(11)4-7(11)3(5)10(2,4)8(12)13/h2-7H,1H3,(H,12,13). The Morgan fingerprint density at radius 3 is 1.73 bits per heavy atom. The number of aliphatic carboxylic acids is 1. The zero-order chi connectivity index (χ0) is 10.3. The molecule has 0 bridgehead atoms. The summed E-state index contributed by atoms with van der Waals surface area (Å²) in [6.45, 7) is 0. The Labute approximate surface area is 85.6 Å². The summed E-state index contributed by atoms with van der Waals surface area (Å²) in [5.74, 6) is 1.44. The fourth-order valence-electron chi connectivity index (χ4n) is 6.54. The third-order valence-corrected chi connectivity index (χ3v) is 6.54. The van der Waals surface area contributed by atoms with Gasteiger partial charge in [0.1, 0.15) is 0 Å². The maximum absolute atomic E-state index is 11.7. The fourth-order valence-corrected chi connectivity index (χ4v) is 6.54. The van der Waals surface area contributed by atoms with Gasteiger partial charge in [0, 0.05) is 0 Å². The molecular weight excluding hydrogens is 196 g/mol. The van der Waals surface area contributed by atoms with Gasteiger partial charge in [0.25, 0.3) is 0 Å². The molecule has 0 amide bonds. The molecule has 78 valence electrons. The number of esters is 1. The second-order valence-corrected chi connectivity index (χ2v) is 5.82. The second kappa shape index (κ2) is 1.43. The van der Waals surface area contributed by atoms with Crippen LogP contribution in [0.2, 0.25) is 0 Å². The first-order valence-corrected chi connectivity index (χ1v) is 5.48.